The van der Waals surface area contributed by atoms with Crippen molar-refractivity contribution in [3.05, 3.63) is 23.8 Å². The van der Waals surface area contributed by atoms with Crippen LogP contribution in [0.15, 0.2) is 18.2 Å². The Labute approximate surface area is 142 Å². The molecule has 0 radical (unpaired) electrons. The predicted molar refractivity (Wildman–Crippen MR) is 79.6 cm³/mol. The summed E-state index contributed by atoms with van der Waals surface area (Å²) in [6.07, 6.45) is 1.06. The molecular weight excluding hydrogens is 365 g/mol. The topological polar surface area (TPSA) is 71.1 Å². The molecule has 25 heavy (non-hydrogen) atoms. The first kappa shape index (κ1) is 18.3. The van der Waals surface area contributed by atoms with E-state index in [-0.39, 0.29) is 30.6 Å². The van der Waals surface area contributed by atoms with Gasteiger partial charge in [0.05, 0.1) is 13.2 Å². The van der Waals surface area contributed by atoms with Crippen LogP contribution < -0.4 is 9.47 Å². The second-order valence-electron chi connectivity index (χ2n) is 5.74. The first-order chi connectivity index (χ1) is 11.8. The number of rotatable bonds is 4. The largest absolute Gasteiger partial charge is 0.523 e. The van der Waals surface area contributed by atoms with Gasteiger partial charge in [0, 0.05) is 24.5 Å². The van der Waals surface area contributed by atoms with E-state index in [0.29, 0.717) is 12.4 Å². The molecule has 6 nitrogen and oxygen atoms in total. The lowest BCUT2D eigenvalue weighted by Gasteiger charge is -2.27. The molecule has 0 amide bonds. The minimum Gasteiger partial charge on any atom is -0.493 e. The minimum absolute atomic E-state index is 0.00570. The molecule has 10 heteroatoms. The lowest BCUT2D eigenvalue weighted by atomic mass is 10.0. The van der Waals surface area contributed by atoms with Crippen LogP contribution in [-0.2, 0) is 19.0 Å². The minimum atomic E-state index is -5.68. The van der Waals surface area contributed by atoms with E-state index in [2.05, 4.69) is 4.18 Å². The molecule has 1 aromatic carbocycles. The van der Waals surface area contributed by atoms with Crippen molar-refractivity contribution >= 4 is 10.1 Å². The standard InChI is InChI=1S/C15H17F3O6S/c16-15(17,18)25(19,20)24-12-6-8-21-13-9-10(4-5-11(12)13)23-14-3-1-2-7-22-14/h4-5,9,12,14H,1-3,6-8H2. The number of alkyl halides is 3. The lowest BCUT2D eigenvalue weighted by Crippen LogP contribution is -2.29. The van der Waals surface area contributed by atoms with Crippen LogP contribution >= 0.6 is 0 Å². The van der Waals surface area contributed by atoms with Gasteiger partial charge < -0.3 is 14.2 Å². The van der Waals surface area contributed by atoms with Gasteiger partial charge in [0.25, 0.3) is 0 Å². The lowest BCUT2D eigenvalue weighted by molar-refractivity contribution is -0.106. The monoisotopic (exact) mass is 382 g/mol. The average molecular weight is 382 g/mol. The first-order valence-electron chi connectivity index (χ1n) is 7.81. The maximum absolute atomic E-state index is 12.5. The van der Waals surface area contributed by atoms with Crippen LogP contribution in [0.25, 0.3) is 0 Å². The smallest absolute Gasteiger partial charge is 0.493 e. The number of ether oxygens (including phenoxy) is 3. The fourth-order valence-corrected chi connectivity index (χ4v) is 3.29. The summed E-state index contributed by atoms with van der Waals surface area (Å²) >= 11 is 0. The van der Waals surface area contributed by atoms with Crippen molar-refractivity contribution < 1.29 is 40.0 Å². The van der Waals surface area contributed by atoms with Gasteiger partial charge in [-0.1, -0.05) is 0 Å². The number of halogens is 3. The van der Waals surface area contributed by atoms with Gasteiger partial charge in [-0.15, -0.1) is 0 Å². The second kappa shape index (κ2) is 7.00. The van der Waals surface area contributed by atoms with Crippen LogP contribution in [0, 0.1) is 0 Å². The van der Waals surface area contributed by atoms with Crippen molar-refractivity contribution in [3.63, 3.8) is 0 Å². The van der Waals surface area contributed by atoms with Gasteiger partial charge >= 0.3 is 15.6 Å². The Morgan fingerprint density at radius 2 is 1.92 bits per heavy atom. The van der Waals surface area contributed by atoms with E-state index in [1.165, 1.54) is 18.2 Å². The molecule has 3 rings (SSSR count). The summed E-state index contributed by atoms with van der Waals surface area (Å²) in [5.41, 5.74) is -5.23. The Kier molecular flexibility index (Phi) is 5.12. The molecule has 2 atom stereocenters. The molecule has 1 aromatic rings. The van der Waals surface area contributed by atoms with Crippen molar-refractivity contribution in [1.82, 2.24) is 0 Å². The van der Waals surface area contributed by atoms with Crippen LogP contribution in [0.1, 0.15) is 37.4 Å². The third-order valence-electron chi connectivity index (χ3n) is 3.90. The Balaban J connectivity index is 1.76. The number of hydrogen-bond donors (Lipinski definition) is 0. The van der Waals surface area contributed by atoms with Gasteiger partial charge in [-0.2, -0.15) is 21.6 Å². The zero-order valence-electron chi connectivity index (χ0n) is 13.1. The summed E-state index contributed by atoms with van der Waals surface area (Å²) < 4.78 is 80.9. The molecule has 1 saturated heterocycles. The van der Waals surface area contributed by atoms with E-state index in [4.69, 9.17) is 14.2 Å². The molecule has 2 unspecified atom stereocenters. The van der Waals surface area contributed by atoms with E-state index < -0.39 is 21.7 Å². The van der Waals surface area contributed by atoms with Gasteiger partial charge in [-0.3, -0.25) is 4.18 Å². The van der Waals surface area contributed by atoms with Crippen molar-refractivity contribution in [1.29, 1.82) is 0 Å². The summed E-state index contributed by atoms with van der Waals surface area (Å²) in [4.78, 5) is 0. The van der Waals surface area contributed by atoms with Gasteiger partial charge in [0.1, 0.15) is 17.6 Å². The maximum Gasteiger partial charge on any atom is 0.523 e. The summed E-state index contributed by atoms with van der Waals surface area (Å²) in [5, 5.41) is 0. The highest BCUT2D eigenvalue weighted by atomic mass is 32.2. The zero-order chi connectivity index (χ0) is 18.1. The Morgan fingerprint density at radius 3 is 2.60 bits per heavy atom. The fourth-order valence-electron chi connectivity index (χ4n) is 2.67. The van der Waals surface area contributed by atoms with Crippen molar-refractivity contribution in [3.8, 4) is 11.5 Å². The van der Waals surface area contributed by atoms with Crippen LogP contribution in [0.3, 0.4) is 0 Å². The molecule has 0 N–H and O–H groups in total. The van der Waals surface area contributed by atoms with E-state index in [9.17, 15) is 21.6 Å². The van der Waals surface area contributed by atoms with Crippen LogP contribution in [-0.4, -0.2) is 33.4 Å². The van der Waals surface area contributed by atoms with Crippen molar-refractivity contribution in [2.24, 2.45) is 0 Å². The Bertz CT molecular complexity index is 712. The van der Waals surface area contributed by atoms with Gasteiger partial charge in [0.2, 0.25) is 0 Å². The molecule has 2 aliphatic heterocycles. The third kappa shape index (κ3) is 4.18. The van der Waals surface area contributed by atoms with Gasteiger partial charge in [0.15, 0.2) is 6.29 Å². The van der Waals surface area contributed by atoms with Crippen LogP contribution in [0.2, 0.25) is 0 Å². The second-order valence-corrected chi connectivity index (χ2v) is 7.30. The quantitative estimate of drug-likeness (QED) is 0.588. The molecule has 0 aromatic heterocycles. The highest BCUT2D eigenvalue weighted by Crippen LogP contribution is 2.40. The number of fused-ring (bicyclic) bond motifs is 1. The van der Waals surface area contributed by atoms with E-state index in [1.54, 1.807) is 0 Å². The molecule has 0 saturated carbocycles. The van der Waals surface area contributed by atoms with E-state index in [0.717, 1.165) is 19.3 Å². The first-order valence-corrected chi connectivity index (χ1v) is 9.22. The maximum atomic E-state index is 12.5. The molecule has 140 valence electrons. The highest BCUT2D eigenvalue weighted by Gasteiger charge is 2.49. The summed E-state index contributed by atoms with van der Waals surface area (Å²) in [6, 6.07) is 4.48. The molecule has 0 aliphatic carbocycles. The normalized spacial score (nSPS) is 24.3. The number of hydrogen-bond acceptors (Lipinski definition) is 6. The Hall–Kier alpha value is -1.52. The van der Waals surface area contributed by atoms with E-state index >= 15 is 0 Å². The van der Waals surface area contributed by atoms with Crippen molar-refractivity contribution in [2.45, 2.75) is 43.6 Å². The molecule has 1 fully saturated rings. The van der Waals surface area contributed by atoms with Crippen molar-refractivity contribution in [2.75, 3.05) is 13.2 Å². The molecular formula is C15H17F3O6S. The zero-order valence-corrected chi connectivity index (χ0v) is 13.9. The van der Waals surface area contributed by atoms with Gasteiger partial charge in [-0.05, 0) is 25.0 Å². The van der Waals surface area contributed by atoms with E-state index in [1.807, 2.05) is 0 Å². The fraction of sp³-hybridized carbons (Fsp3) is 0.600. The summed E-state index contributed by atoms with van der Waals surface area (Å²) in [5.74, 6) is 0.673. The predicted octanol–water partition coefficient (Wildman–Crippen LogP) is 3.28. The molecule has 2 aliphatic rings. The van der Waals surface area contributed by atoms with Crippen LogP contribution in [0.4, 0.5) is 13.2 Å². The molecule has 0 spiro atoms. The number of benzene rings is 1. The molecule has 0 bridgehead atoms. The van der Waals surface area contributed by atoms with Gasteiger partial charge in [-0.25, -0.2) is 0 Å². The molecule has 2 heterocycles. The summed E-state index contributed by atoms with van der Waals surface area (Å²) in [7, 11) is -5.68. The SMILES string of the molecule is O=S(=O)(OC1CCOc2cc(OC3CCCCO3)ccc21)C(F)(F)F. The third-order valence-corrected chi connectivity index (χ3v) is 4.95. The Morgan fingerprint density at radius 1 is 1.12 bits per heavy atom. The van der Waals surface area contributed by atoms with Crippen LogP contribution in [0.5, 0.6) is 11.5 Å². The summed E-state index contributed by atoms with van der Waals surface area (Å²) in [6.45, 7) is 0.645. The highest BCUT2D eigenvalue weighted by molar-refractivity contribution is 7.87. The average Bonchev–Trinajstić information content (AvgIpc) is 2.54.